The maximum atomic E-state index is 12.8. The third kappa shape index (κ3) is 4.63. The summed E-state index contributed by atoms with van der Waals surface area (Å²) in [7, 11) is 0. The SMILES string of the molecule is CSc1ncc(-c2cc(C(=O)ON3C(=O)CCC3=O)cc(-c3cnc(SC)nc3)c2)cn1. The summed E-state index contributed by atoms with van der Waals surface area (Å²) >= 11 is 2.84. The van der Waals surface area contributed by atoms with Crippen molar-refractivity contribution in [3.05, 3.63) is 48.5 Å². The number of thioether (sulfide) groups is 2. The highest BCUT2D eigenvalue weighted by atomic mass is 32.2. The monoisotopic (exact) mass is 467 g/mol. The van der Waals surface area contributed by atoms with E-state index in [2.05, 4.69) is 19.9 Å². The van der Waals surface area contributed by atoms with Crippen molar-refractivity contribution >= 4 is 41.3 Å². The molecular formula is C21H17N5O4S2. The van der Waals surface area contributed by atoms with Crippen molar-refractivity contribution in [1.82, 2.24) is 25.0 Å². The average molecular weight is 468 g/mol. The van der Waals surface area contributed by atoms with Gasteiger partial charge in [0.1, 0.15) is 0 Å². The Hall–Kier alpha value is -3.31. The zero-order valence-electron chi connectivity index (χ0n) is 17.1. The van der Waals surface area contributed by atoms with Gasteiger partial charge in [-0.1, -0.05) is 23.5 Å². The number of benzene rings is 1. The normalized spacial score (nSPS) is 13.5. The van der Waals surface area contributed by atoms with Crippen LogP contribution < -0.4 is 0 Å². The van der Waals surface area contributed by atoms with Crippen molar-refractivity contribution in [3.8, 4) is 22.3 Å². The molecule has 1 saturated heterocycles. The van der Waals surface area contributed by atoms with Crippen molar-refractivity contribution in [2.45, 2.75) is 23.2 Å². The summed E-state index contributed by atoms with van der Waals surface area (Å²) in [6.07, 6.45) is 10.4. The van der Waals surface area contributed by atoms with E-state index in [0.717, 1.165) is 0 Å². The third-order valence-electron chi connectivity index (χ3n) is 4.64. The number of nitrogens with zero attached hydrogens (tertiary/aromatic N) is 5. The number of hydroxylamine groups is 2. The lowest BCUT2D eigenvalue weighted by atomic mass is 9.99. The summed E-state index contributed by atoms with van der Waals surface area (Å²) in [6.45, 7) is 0. The first kappa shape index (κ1) is 21.9. The Labute approximate surface area is 192 Å². The number of amides is 2. The van der Waals surface area contributed by atoms with Gasteiger partial charge in [0.25, 0.3) is 11.8 Å². The summed E-state index contributed by atoms with van der Waals surface area (Å²) in [5, 5.41) is 1.77. The van der Waals surface area contributed by atoms with Gasteiger partial charge in [0.15, 0.2) is 10.3 Å². The fourth-order valence-corrected chi connectivity index (χ4v) is 3.65. The summed E-state index contributed by atoms with van der Waals surface area (Å²) in [4.78, 5) is 58.8. The van der Waals surface area contributed by atoms with Crippen LogP contribution in [0.3, 0.4) is 0 Å². The number of carbonyl (C=O) groups is 3. The van der Waals surface area contributed by atoms with Crippen LogP contribution in [0.25, 0.3) is 22.3 Å². The standard InChI is InChI=1S/C21H17N5O4S2/c1-31-20-22-8-15(9-23-20)12-5-13(16-10-24-21(32-2)25-11-16)7-14(6-12)19(29)30-26-17(27)3-4-18(26)28/h5-11H,3-4H2,1-2H3. The molecule has 9 nitrogen and oxygen atoms in total. The molecule has 0 spiro atoms. The highest BCUT2D eigenvalue weighted by Crippen LogP contribution is 2.29. The highest BCUT2D eigenvalue weighted by molar-refractivity contribution is 7.98. The summed E-state index contributed by atoms with van der Waals surface area (Å²) < 4.78 is 0. The molecule has 1 fully saturated rings. The minimum absolute atomic E-state index is 0.0235. The van der Waals surface area contributed by atoms with E-state index in [4.69, 9.17) is 4.84 Å². The number of imide groups is 1. The van der Waals surface area contributed by atoms with Crippen LogP contribution in [0.2, 0.25) is 0 Å². The Balaban J connectivity index is 1.74. The molecule has 0 unspecified atom stereocenters. The van der Waals surface area contributed by atoms with Crippen molar-refractivity contribution in [2.75, 3.05) is 12.5 Å². The van der Waals surface area contributed by atoms with E-state index >= 15 is 0 Å². The highest BCUT2D eigenvalue weighted by Gasteiger charge is 2.33. The van der Waals surface area contributed by atoms with Crippen molar-refractivity contribution in [1.29, 1.82) is 0 Å². The Bertz CT molecular complexity index is 1100. The lowest BCUT2D eigenvalue weighted by Crippen LogP contribution is -2.32. The van der Waals surface area contributed by atoms with Gasteiger partial charge in [-0.05, 0) is 41.8 Å². The molecule has 1 aromatic carbocycles. The van der Waals surface area contributed by atoms with Gasteiger partial charge >= 0.3 is 5.97 Å². The Kier molecular flexibility index (Phi) is 6.47. The largest absolute Gasteiger partial charge is 0.363 e. The van der Waals surface area contributed by atoms with Crippen LogP contribution in [0.1, 0.15) is 23.2 Å². The molecule has 1 aliphatic rings. The van der Waals surface area contributed by atoms with E-state index in [1.165, 1.54) is 23.5 Å². The summed E-state index contributed by atoms with van der Waals surface area (Å²) in [5.41, 5.74) is 2.86. The molecule has 3 aromatic rings. The fraction of sp³-hybridized carbons (Fsp3) is 0.190. The summed E-state index contributed by atoms with van der Waals surface area (Å²) in [6, 6.07) is 5.06. The molecule has 0 aliphatic carbocycles. The van der Waals surface area contributed by atoms with Crippen LogP contribution in [-0.4, -0.2) is 55.3 Å². The van der Waals surface area contributed by atoms with Crippen LogP contribution in [0.5, 0.6) is 0 Å². The zero-order chi connectivity index (χ0) is 22.7. The van der Waals surface area contributed by atoms with Gasteiger partial charge in [0, 0.05) is 48.8 Å². The maximum Gasteiger partial charge on any atom is 0.363 e. The Morgan fingerprint density at radius 3 is 1.62 bits per heavy atom. The number of rotatable bonds is 6. The topological polar surface area (TPSA) is 115 Å². The molecule has 0 saturated carbocycles. The second-order valence-electron chi connectivity index (χ2n) is 6.68. The van der Waals surface area contributed by atoms with E-state index < -0.39 is 17.8 Å². The van der Waals surface area contributed by atoms with Gasteiger partial charge in [-0.2, -0.15) is 0 Å². The van der Waals surface area contributed by atoms with E-state index in [-0.39, 0.29) is 18.4 Å². The molecule has 0 radical (unpaired) electrons. The molecule has 2 aromatic heterocycles. The molecule has 0 atom stereocenters. The lowest BCUT2D eigenvalue weighted by Gasteiger charge is -2.14. The smallest absolute Gasteiger partial charge is 0.325 e. The average Bonchev–Trinajstić information content (AvgIpc) is 3.16. The minimum atomic E-state index is -0.819. The molecule has 3 heterocycles. The number of hydrogen-bond donors (Lipinski definition) is 0. The Morgan fingerprint density at radius 2 is 1.22 bits per heavy atom. The van der Waals surface area contributed by atoms with E-state index in [0.29, 0.717) is 37.6 Å². The lowest BCUT2D eigenvalue weighted by molar-refractivity contribution is -0.172. The molecule has 162 valence electrons. The number of aromatic nitrogens is 4. The molecule has 32 heavy (non-hydrogen) atoms. The number of carbonyl (C=O) groups excluding carboxylic acids is 3. The molecule has 0 N–H and O–H groups in total. The van der Waals surface area contributed by atoms with Gasteiger partial charge in [0.05, 0.1) is 5.56 Å². The minimum Gasteiger partial charge on any atom is -0.325 e. The molecule has 4 rings (SSSR count). The van der Waals surface area contributed by atoms with Gasteiger partial charge in [-0.25, -0.2) is 24.7 Å². The predicted molar refractivity (Wildman–Crippen MR) is 119 cm³/mol. The molecule has 0 bridgehead atoms. The second-order valence-corrected chi connectivity index (χ2v) is 8.22. The Morgan fingerprint density at radius 1 is 0.781 bits per heavy atom. The van der Waals surface area contributed by atoms with Crippen LogP contribution in [0, 0.1) is 0 Å². The van der Waals surface area contributed by atoms with E-state index in [1.54, 1.807) is 36.9 Å². The van der Waals surface area contributed by atoms with Gasteiger partial charge in [-0.3, -0.25) is 9.59 Å². The zero-order valence-corrected chi connectivity index (χ0v) is 18.8. The molecule has 2 amide bonds. The first-order chi connectivity index (χ1) is 15.5. The van der Waals surface area contributed by atoms with E-state index in [1.807, 2.05) is 18.6 Å². The quantitative estimate of drug-likeness (QED) is 0.304. The van der Waals surface area contributed by atoms with Gasteiger partial charge < -0.3 is 4.84 Å². The van der Waals surface area contributed by atoms with Crippen LogP contribution in [0.15, 0.2) is 53.3 Å². The van der Waals surface area contributed by atoms with Crippen LogP contribution in [-0.2, 0) is 14.4 Å². The third-order valence-corrected chi connectivity index (χ3v) is 5.79. The van der Waals surface area contributed by atoms with Gasteiger partial charge in [-0.15, -0.1) is 5.06 Å². The van der Waals surface area contributed by atoms with Crippen LogP contribution >= 0.6 is 23.5 Å². The molecule has 11 heteroatoms. The van der Waals surface area contributed by atoms with Crippen molar-refractivity contribution in [3.63, 3.8) is 0 Å². The number of hydrogen-bond acceptors (Lipinski definition) is 10. The fourth-order valence-electron chi connectivity index (χ4n) is 3.01. The van der Waals surface area contributed by atoms with Crippen LogP contribution in [0.4, 0.5) is 0 Å². The molecular weight excluding hydrogens is 450 g/mol. The second kappa shape index (κ2) is 9.45. The first-order valence-corrected chi connectivity index (χ1v) is 11.9. The van der Waals surface area contributed by atoms with Gasteiger partial charge in [0.2, 0.25) is 0 Å². The maximum absolute atomic E-state index is 12.8. The molecule has 1 aliphatic heterocycles. The summed E-state index contributed by atoms with van der Waals surface area (Å²) in [5.74, 6) is -1.90. The van der Waals surface area contributed by atoms with Crippen molar-refractivity contribution in [2.24, 2.45) is 0 Å². The predicted octanol–water partition coefficient (Wildman–Crippen LogP) is 3.27. The van der Waals surface area contributed by atoms with E-state index in [9.17, 15) is 14.4 Å². The first-order valence-electron chi connectivity index (χ1n) is 9.44. The van der Waals surface area contributed by atoms with Crippen molar-refractivity contribution < 1.29 is 19.2 Å².